The number of nitrogens with zero attached hydrogens (tertiary/aromatic N) is 3. The van der Waals surface area contributed by atoms with Crippen molar-refractivity contribution in [1.82, 2.24) is 20.3 Å². The molecule has 14 heteroatoms. The molecule has 0 radical (unpaired) electrons. The van der Waals surface area contributed by atoms with Gasteiger partial charge in [0.15, 0.2) is 5.76 Å². The first-order valence-electron chi connectivity index (χ1n) is 18.3. The first-order chi connectivity index (χ1) is 26.2. The first kappa shape index (κ1) is 40.0. The zero-order chi connectivity index (χ0) is 39.4. The topological polar surface area (TPSA) is 114 Å². The van der Waals surface area contributed by atoms with Crippen LogP contribution in [0.5, 0.6) is 5.75 Å². The lowest BCUT2D eigenvalue weighted by atomic mass is 9.79. The molecule has 292 valence electrons. The summed E-state index contributed by atoms with van der Waals surface area (Å²) in [6.45, 7) is 8.29. The fourth-order valence-electron chi connectivity index (χ4n) is 6.78. The Labute approximate surface area is 329 Å². The first-order valence-corrected chi connectivity index (χ1v) is 19.0. The smallest absolute Gasteiger partial charge is 0.410 e. The lowest BCUT2D eigenvalue weighted by Gasteiger charge is -2.40. The van der Waals surface area contributed by atoms with Gasteiger partial charge in [0.05, 0.1) is 16.5 Å². The van der Waals surface area contributed by atoms with Crippen molar-refractivity contribution < 1.29 is 37.2 Å². The van der Waals surface area contributed by atoms with Crippen LogP contribution in [0, 0.1) is 17.6 Å². The number of hydrogen-bond donors (Lipinski definition) is 1. The molecule has 1 N–H and O–H groups in total. The second-order valence-corrected chi connectivity index (χ2v) is 15.8. The SMILES string of the molecule is CC(=O)NCCc1ccc(Cl)c(CN(C(=O)C2CN(C(=O)OC(C)(C)C)CCC2c2ccc(OCc3cc(-c4c(F)ccc(F)c4Cl)no3)cc2)C2CC2)c1. The minimum atomic E-state index is -0.774. The molecule has 1 saturated heterocycles. The summed E-state index contributed by atoms with van der Waals surface area (Å²) in [6.07, 6.45) is 2.45. The average Bonchev–Trinajstić information content (AvgIpc) is 3.88. The molecule has 55 heavy (non-hydrogen) atoms. The molecular formula is C41H44Cl2F2N4O6. The zero-order valence-electron chi connectivity index (χ0n) is 31.2. The molecule has 2 atom stereocenters. The normalized spacial score (nSPS) is 17.1. The summed E-state index contributed by atoms with van der Waals surface area (Å²) in [5.74, 6) is -1.64. The molecule has 2 aliphatic rings. The maximum Gasteiger partial charge on any atom is 0.410 e. The fraction of sp³-hybridized carbons (Fsp3) is 0.415. The van der Waals surface area contributed by atoms with Gasteiger partial charge in [-0.2, -0.15) is 0 Å². The second-order valence-electron chi connectivity index (χ2n) is 15.0. The standard InChI is InChI=1S/C41H44Cl2F2N4O6/c1-24(50)46-17-15-25-5-12-33(42)27(19-25)21-49(28-8-9-28)39(51)32-22-48(40(52)54-41(2,3)4)18-16-31(32)26-6-10-29(11-7-26)53-23-30-20-36(47-55-30)37-34(44)13-14-35(45)38(37)43/h5-7,10-14,19-20,28,31-32H,8-9,15-18,21-23H2,1-4H3,(H,46,50). The van der Waals surface area contributed by atoms with Crippen molar-refractivity contribution in [3.05, 3.63) is 105 Å². The van der Waals surface area contributed by atoms with Gasteiger partial charge in [-0.15, -0.1) is 0 Å². The Balaban J connectivity index is 1.19. The highest BCUT2D eigenvalue weighted by Gasteiger charge is 2.43. The van der Waals surface area contributed by atoms with Gasteiger partial charge in [-0.3, -0.25) is 9.59 Å². The van der Waals surface area contributed by atoms with Crippen LogP contribution >= 0.6 is 23.2 Å². The molecule has 3 aromatic carbocycles. The summed E-state index contributed by atoms with van der Waals surface area (Å²) in [4.78, 5) is 42.9. The largest absolute Gasteiger partial charge is 0.486 e. The molecule has 0 bridgehead atoms. The molecule has 10 nitrogen and oxygen atoms in total. The Morgan fingerprint density at radius 2 is 1.73 bits per heavy atom. The number of rotatable bonds is 12. The van der Waals surface area contributed by atoms with Crippen LogP contribution in [0.4, 0.5) is 13.6 Å². The van der Waals surface area contributed by atoms with Crippen LogP contribution < -0.4 is 10.1 Å². The maximum absolute atomic E-state index is 14.7. The van der Waals surface area contributed by atoms with Crippen molar-refractivity contribution >= 4 is 41.1 Å². The van der Waals surface area contributed by atoms with E-state index in [-0.39, 0.29) is 53.9 Å². The Hall–Kier alpha value is -4.68. The van der Waals surface area contributed by atoms with Crippen molar-refractivity contribution in [2.75, 3.05) is 19.6 Å². The number of halogens is 4. The number of carbonyl (C=O) groups excluding carboxylic acids is 3. The molecule has 1 aliphatic heterocycles. The predicted octanol–water partition coefficient (Wildman–Crippen LogP) is 8.72. The molecule has 3 amide bonds. The van der Waals surface area contributed by atoms with Crippen molar-refractivity contribution in [2.45, 2.75) is 84.1 Å². The van der Waals surface area contributed by atoms with Crippen molar-refractivity contribution in [3.8, 4) is 17.0 Å². The summed E-state index contributed by atoms with van der Waals surface area (Å²) in [6, 6.07) is 16.6. The lowest BCUT2D eigenvalue weighted by molar-refractivity contribution is -0.139. The van der Waals surface area contributed by atoms with Crippen molar-refractivity contribution in [3.63, 3.8) is 0 Å². The monoisotopic (exact) mass is 796 g/mol. The summed E-state index contributed by atoms with van der Waals surface area (Å²) >= 11 is 12.7. The highest BCUT2D eigenvalue weighted by Crippen LogP contribution is 2.39. The number of benzene rings is 3. The quantitative estimate of drug-likeness (QED) is 0.143. The summed E-state index contributed by atoms with van der Waals surface area (Å²) in [5.41, 5.74) is 1.89. The highest BCUT2D eigenvalue weighted by atomic mass is 35.5. The van der Waals surface area contributed by atoms with E-state index in [1.807, 2.05) is 56.0 Å². The molecule has 1 aliphatic carbocycles. The van der Waals surface area contributed by atoms with Crippen LogP contribution in [0.3, 0.4) is 0 Å². The number of aromatic nitrogens is 1. The van der Waals surface area contributed by atoms with Crippen LogP contribution in [0.1, 0.15) is 75.3 Å². The lowest BCUT2D eigenvalue weighted by Crippen LogP contribution is -2.51. The van der Waals surface area contributed by atoms with Gasteiger partial charge >= 0.3 is 6.09 Å². The predicted molar refractivity (Wildman–Crippen MR) is 204 cm³/mol. The van der Waals surface area contributed by atoms with E-state index in [0.29, 0.717) is 43.2 Å². The number of nitrogens with one attached hydrogen (secondary N) is 1. The van der Waals surface area contributed by atoms with Crippen molar-refractivity contribution in [1.29, 1.82) is 0 Å². The molecule has 0 spiro atoms. The Morgan fingerprint density at radius 1 is 1.00 bits per heavy atom. The number of carbonyl (C=O) groups is 3. The van der Waals surface area contributed by atoms with E-state index in [1.54, 1.807) is 17.0 Å². The van der Waals surface area contributed by atoms with E-state index in [9.17, 15) is 23.2 Å². The van der Waals surface area contributed by atoms with Crippen molar-refractivity contribution in [2.24, 2.45) is 5.92 Å². The summed E-state index contributed by atoms with van der Waals surface area (Å²) in [7, 11) is 0. The fourth-order valence-corrected chi connectivity index (χ4v) is 7.20. The van der Waals surface area contributed by atoms with Gasteiger partial charge in [-0.05, 0) is 99.4 Å². The third-order valence-electron chi connectivity index (χ3n) is 9.64. The van der Waals surface area contributed by atoms with Gasteiger partial charge in [0.25, 0.3) is 0 Å². The number of piperidine rings is 1. The minimum absolute atomic E-state index is 0.0381. The van der Waals surface area contributed by atoms with Gasteiger partial charge < -0.3 is 29.1 Å². The molecule has 4 aromatic rings. The van der Waals surface area contributed by atoms with E-state index < -0.39 is 34.3 Å². The van der Waals surface area contributed by atoms with E-state index in [2.05, 4.69) is 10.5 Å². The van der Waals surface area contributed by atoms with E-state index in [4.69, 9.17) is 37.2 Å². The molecular weight excluding hydrogens is 753 g/mol. The Kier molecular flexibility index (Phi) is 12.4. The molecule has 2 unspecified atom stereocenters. The van der Waals surface area contributed by atoms with Crippen LogP contribution in [-0.4, -0.2) is 64.1 Å². The number of ether oxygens (including phenoxy) is 2. The van der Waals surface area contributed by atoms with Crippen LogP contribution in [0.15, 0.2) is 65.2 Å². The van der Waals surface area contributed by atoms with Gasteiger partial charge in [-0.25, -0.2) is 13.6 Å². The minimum Gasteiger partial charge on any atom is -0.486 e. The third-order valence-corrected chi connectivity index (χ3v) is 10.4. The average molecular weight is 798 g/mol. The molecule has 2 heterocycles. The van der Waals surface area contributed by atoms with Crippen LogP contribution in [0.25, 0.3) is 11.3 Å². The summed E-state index contributed by atoms with van der Waals surface area (Å²) in [5, 5.41) is 6.82. The third kappa shape index (κ3) is 10.1. The number of hydrogen-bond acceptors (Lipinski definition) is 7. The highest BCUT2D eigenvalue weighted by molar-refractivity contribution is 6.33. The molecule has 6 rings (SSSR count). The van der Waals surface area contributed by atoms with E-state index >= 15 is 0 Å². The number of amides is 3. The van der Waals surface area contributed by atoms with Gasteiger partial charge in [0, 0.05) is 50.2 Å². The number of likely N-dealkylation sites (tertiary alicyclic amines) is 1. The molecule has 2 fully saturated rings. The van der Waals surface area contributed by atoms with Crippen LogP contribution in [0.2, 0.25) is 10.0 Å². The van der Waals surface area contributed by atoms with Crippen LogP contribution in [-0.2, 0) is 33.9 Å². The summed E-state index contributed by atoms with van der Waals surface area (Å²) < 4.78 is 45.3. The Morgan fingerprint density at radius 3 is 2.42 bits per heavy atom. The maximum atomic E-state index is 14.7. The van der Waals surface area contributed by atoms with E-state index in [0.717, 1.165) is 41.7 Å². The Bertz CT molecular complexity index is 2030. The van der Waals surface area contributed by atoms with Gasteiger partial charge in [0.2, 0.25) is 11.8 Å². The zero-order valence-corrected chi connectivity index (χ0v) is 32.7. The van der Waals surface area contributed by atoms with Gasteiger partial charge in [-0.1, -0.05) is 52.6 Å². The van der Waals surface area contributed by atoms with Gasteiger partial charge in [0.1, 0.15) is 35.3 Å². The second kappa shape index (κ2) is 17.0. The molecule has 1 aromatic heterocycles. The van der Waals surface area contributed by atoms with E-state index in [1.165, 1.54) is 13.0 Å². The molecule has 1 saturated carbocycles.